The molecule has 1 N–H and O–H groups in total. The van der Waals surface area contributed by atoms with Crippen LogP contribution in [0.5, 0.6) is 0 Å². The second kappa shape index (κ2) is 8.65. The third kappa shape index (κ3) is 4.76. The van der Waals surface area contributed by atoms with Crippen LogP contribution >= 0.6 is 0 Å². The molecule has 0 bridgehead atoms. The van der Waals surface area contributed by atoms with Crippen molar-refractivity contribution < 1.29 is 22.7 Å². The summed E-state index contributed by atoms with van der Waals surface area (Å²) in [6.45, 7) is 3.53. The molecule has 0 saturated heterocycles. The predicted octanol–water partition coefficient (Wildman–Crippen LogP) is 2.51. The lowest BCUT2D eigenvalue weighted by atomic mass is 10.0. The number of ether oxygens (including phenoxy) is 1. The summed E-state index contributed by atoms with van der Waals surface area (Å²) in [6, 6.07) is 13.2. The normalized spacial score (nSPS) is 13.7. The first kappa shape index (κ1) is 20.9. The average Bonchev–Trinajstić information content (AvgIpc) is 2.71. The Labute approximate surface area is 170 Å². The highest BCUT2D eigenvalue weighted by Crippen LogP contribution is 2.31. The van der Waals surface area contributed by atoms with Gasteiger partial charge >= 0.3 is 5.97 Å². The molecule has 2 aromatic carbocycles. The molecule has 0 unspecified atom stereocenters. The minimum Gasteiger partial charge on any atom is -0.462 e. The fourth-order valence-corrected chi connectivity index (χ4v) is 4.82. The van der Waals surface area contributed by atoms with Crippen molar-refractivity contribution in [3.05, 3.63) is 59.7 Å². The molecule has 1 amide bonds. The van der Waals surface area contributed by atoms with E-state index in [9.17, 15) is 18.0 Å². The molecule has 1 aliphatic heterocycles. The molecule has 29 heavy (non-hydrogen) atoms. The summed E-state index contributed by atoms with van der Waals surface area (Å²) >= 11 is 0. The van der Waals surface area contributed by atoms with Gasteiger partial charge in [0.05, 0.1) is 16.7 Å². The van der Waals surface area contributed by atoms with Gasteiger partial charge in [0.15, 0.2) is 0 Å². The number of aryl methyl sites for hydroxylation is 1. The molecule has 0 spiro atoms. The Hall–Kier alpha value is -2.87. The van der Waals surface area contributed by atoms with Crippen LogP contribution in [0.25, 0.3) is 0 Å². The van der Waals surface area contributed by atoms with Gasteiger partial charge in [0.2, 0.25) is 0 Å². The Morgan fingerprint density at radius 1 is 1.14 bits per heavy atom. The Morgan fingerprint density at radius 2 is 1.90 bits per heavy atom. The molecule has 1 heterocycles. The summed E-state index contributed by atoms with van der Waals surface area (Å²) in [5.74, 6) is -1.09. The minimum absolute atomic E-state index is 0.0339. The number of hydrogen-bond donors (Lipinski definition) is 1. The molecule has 3 rings (SSSR count). The summed E-state index contributed by atoms with van der Waals surface area (Å²) in [7, 11) is -3.82. The number of carbonyl (C=O) groups is 2. The summed E-state index contributed by atoms with van der Waals surface area (Å²) in [5, 5.41) is 2.46. The van der Waals surface area contributed by atoms with Crippen molar-refractivity contribution >= 4 is 27.6 Å². The fraction of sp³-hybridized carbons (Fsp3) is 0.333. The first-order chi connectivity index (χ1) is 13.8. The second-order valence-electron chi connectivity index (χ2n) is 7.06. The van der Waals surface area contributed by atoms with E-state index in [2.05, 4.69) is 5.32 Å². The number of rotatable bonds is 6. The molecule has 0 aromatic heterocycles. The molecule has 0 saturated carbocycles. The molecule has 0 fully saturated rings. The van der Waals surface area contributed by atoms with Gasteiger partial charge in [0.1, 0.15) is 6.54 Å². The lowest BCUT2D eigenvalue weighted by molar-refractivity contribution is -0.146. The number of para-hydroxylation sites is 1. The van der Waals surface area contributed by atoms with Crippen molar-refractivity contribution in [1.82, 2.24) is 5.32 Å². The Kier molecular flexibility index (Phi) is 6.22. The molecule has 0 radical (unpaired) electrons. The SMILES string of the molecule is CC(C)OC(=O)CNC(=O)c1cccc(S(=O)(=O)N2CCCc3ccccc32)c1. The highest BCUT2D eigenvalue weighted by molar-refractivity contribution is 7.92. The van der Waals surface area contributed by atoms with Crippen LogP contribution in [0.2, 0.25) is 0 Å². The summed E-state index contributed by atoms with van der Waals surface area (Å²) in [5.41, 5.74) is 1.82. The van der Waals surface area contributed by atoms with Gasteiger partial charge in [0.25, 0.3) is 15.9 Å². The van der Waals surface area contributed by atoms with E-state index in [0.29, 0.717) is 12.2 Å². The van der Waals surface area contributed by atoms with Gasteiger partial charge in [-0.1, -0.05) is 24.3 Å². The number of sulfonamides is 1. The smallest absolute Gasteiger partial charge is 0.325 e. The number of amides is 1. The van der Waals surface area contributed by atoms with E-state index in [0.717, 1.165) is 18.4 Å². The van der Waals surface area contributed by atoms with Gasteiger partial charge in [-0.3, -0.25) is 13.9 Å². The first-order valence-corrected chi connectivity index (χ1v) is 10.9. The van der Waals surface area contributed by atoms with Gasteiger partial charge < -0.3 is 10.1 Å². The molecular formula is C21H24N2O5S. The molecule has 0 atom stereocenters. The van der Waals surface area contributed by atoms with E-state index >= 15 is 0 Å². The molecule has 1 aliphatic rings. The van der Waals surface area contributed by atoms with Gasteiger partial charge in [-0.25, -0.2) is 8.42 Å². The van der Waals surface area contributed by atoms with Crippen LogP contribution in [0.1, 0.15) is 36.2 Å². The number of hydrogen-bond acceptors (Lipinski definition) is 5. The van der Waals surface area contributed by atoms with E-state index < -0.39 is 21.9 Å². The Morgan fingerprint density at radius 3 is 2.66 bits per heavy atom. The lowest BCUT2D eigenvalue weighted by Crippen LogP contribution is -2.35. The van der Waals surface area contributed by atoms with E-state index in [1.807, 2.05) is 18.2 Å². The van der Waals surface area contributed by atoms with Crippen molar-refractivity contribution in [3.63, 3.8) is 0 Å². The van der Waals surface area contributed by atoms with E-state index in [1.165, 1.54) is 28.6 Å². The van der Waals surface area contributed by atoms with Crippen LogP contribution in [0.15, 0.2) is 53.4 Å². The molecule has 8 heteroatoms. The second-order valence-corrected chi connectivity index (χ2v) is 8.92. The zero-order valence-electron chi connectivity index (χ0n) is 16.4. The number of fused-ring (bicyclic) bond motifs is 1. The highest BCUT2D eigenvalue weighted by Gasteiger charge is 2.29. The quantitative estimate of drug-likeness (QED) is 0.731. The standard InChI is InChI=1S/C21H24N2O5S/c1-15(2)28-20(24)14-22-21(25)17-8-5-10-18(13-17)29(26,27)23-12-6-9-16-7-3-4-11-19(16)23/h3-5,7-8,10-11,13,15H,6,9,12,14H2,1-2H3,(H,22,25). The van der Waals surface area contributed by atoms with Crippen molar-refractivity contribution in [2.24, 2.45) is 0 Å². The molecule has 154 valence electrons. The van der Waals surface area contributed by atoms with Crippen LogP contribution in [-0.4, -0.2) is 39.5 Å². The predicted molar refractivity (Wildman–Crippen MR) is 109 cm³/mol. The maximum absolute atomic E-state index is 13.2. The molecule has 0 aliphatic carbocycles. The molecule has 2 aromatic rings. The van der Waals surface area contributed by atoms with Gasteiger partial charge in [0, 0.05) is 12.1 Å². The number of benzene rings is 2. The number of nitrogens with zero attached hydrogens (tertiary/aromatic N) is 1. The van der Waals surface area contributed by atoms with Gasteiger partial charge in [-0.15, -0.1) is 0 Å². The lowest BCUT2D eigenvalue weighted by Gasteiger charge is -2.30. The van der Waals surface area contributed by atoms with Crippen molar-refractivity contribution in [3.8, 4) is 0 Å². The number of esters is 1. The van der Waals surface area contributed by atoms with E-state index in [-0.39, 0.29) is 23.1 Å². The van der Waals surface area contributed by atoms with Crippen molar-refractivity contribution in [1.29, 1.82) is 0 Å². The third-order valence-corrected chi connectivity index (χ3v) is 6.32. The highest BCUT2D eigenvalue weighted by atomic mass is 32.2. The summed E-state index contributed by atoms with van der Waals surface area (Å²) in [4.78, 5) is 24.0. The average molecular weight is 416 g/mol. The topological polar surface area (TPSA) is 92.8 Å². The van der Waals surface area contributed by atoms with Crippen LogP contribution < -0.4 is 9.62 Å². The van der Waals surface area contributed by atoms with Gasteiger partial charge in [-0.05, 0) is 56.5 Å². The number of carbonyl (C=O) groups excluding carboxylic acids is 2. The molecular weight excluding hydrogens is 392 g/mol. The van der Waals surface area contributed by atoms with Crippen LogP contribution in [-0.2, 0) is 26.0 Å². The largest absolute Gasteiger partial charge is 0.462 e. The van der Waals surface area contributed by atoms with Crippen molar-refractivity contribution in [2.75, 3.05) is 17.4 Å². The van der Waals surface area contributed by atoms with Gasteiger partial charge in [-0.2, -0.15) is 0 Å². The first-order valence-electron chi connectivity index (χ1n) is 9.47. The van der Waals surface area contributed by atoms with Crippen LogP contribution in [0.3, 0.4) is 0 Å². The van der Waals surface area contributed by atoms with Crippen molar-refractivity contribution in [2.45, 2.75) is 37.7 Å². The summed E-state index contributed by atoms with van der Waals surface area (Å²) in [6.07, 6.45) is 1.28. The third-order valence-electron chi connectivity index (χ3n) is 4.51. The maximum atomic E-state index is 13.2. The Balaban J connectivity index is 1.80. The minimum atomic E-state index is -3.82. The number of nitrogens with one attached hydrogen (secondary N) is 1. The van der Waals surface area contributed by atoms with Crippen LogP contribution in [0.4, 0.5) is 5.69 Å². The summed E-state index contributed by atoms with van der Waals surface area (Å²) < 4.78 is 32.8. The van der Waals surface area contributed by atoms with Crippen LogP contribution in [0, 0.1) is 0 Å². The van der Waals surface area contributed by atoms with E-state index in [1.54, 1.807) is 19.9 Å². The zero-order valence-corrected chi connectivity index (χ0v) is 17.2. The Bertz CT molecular complexity index is 1020. The number of anilines is 1. The fourth-order valence-electron chi connectivity index (χ4n) is 3.23. The van der Waals surface area contributed by atoms with E-state index in [4.69, 9.17) is 4.74 Å². The monoisotopic (exact) mass is 416 g/mol. The zero-order chi connectivity index (χ0) is 21.0. The maximum Gasteiger partial charge on any atom is 0.325 e. The molecule has 7 nitrogen and oxygen atoms in total.